The van der Waals surface area contributed by atoms with Crippen LogP contribution in [0.1, 0.15) is 30.5 Å². The number of ether oxygens (including phenoxy) is 1. The van der Waals surface area contributed by atoms with Crippen molar-refractivity contribution in [1.29, 1.82) is 0 Å². The topological polar surface area (TPSA) is 61.9 Å². The number of carbonyl (C=O) groups is 2. The summed E-state index contributed by atoms with van der Waals surface area (Å²) >= 11 is 5.90. The summed E-state index contributed by atoms with van der Waals surface area (Å²) in [7, 11) is 1.63. The molecule has 1 N–H and O–H groups in total. The summed E-state index contributed by atoms with van der Waals surface area (Å²) in [5.74, 6) is 0.862. The molecule has 3 rings (SSSR count). The summed E-state index contributed by atoms with van der Waals surface area (Å²) in [4.78, 5) is 28.9. The SMILES string of the molecule is CCC(NC(=O)N1CCN(C(=O)Cc2ccc(Cl)cc2)CC1)c1ccc(OC)cc1. The predicted octanol–water partition coefficient (Wildman–Crippen LogP) is 3.90. The molecule has 6 nitrogen and oxygen atoms in total. The van der Waals surface area contributed by atoms with Crippen LogP contribution in [0.4, 0.5) is 4.79 Å². The second-order valence-electron chi connectivity index (χ2n) is 7.35. The van der Waals surface area contributed by atoms with Crippen LogP contribution in [0.5, 0.6) is 5.75 Å². The number of benzene rings is 2. The van der Waals surface area contributed by atoms with E-state index in [0.29, 0.717) is 37.6 Å². The van der Waals surface area contributed by atoms with Crippen LogP contribution in [-0.2, 0) is 11.2 Å². The molecule has 7 heteroatoms. The molecule has 1 saturated heterocycles. The first kappa shape index (κ1) is 22.0. The molecular weight excluding hydrogens is 402 g/mol. The molecule has 0 radical (unpaired) electrons. The van der Waals surface area contributed by atoms with Gasteiger partial charge in [0.15, 0.2) is 0 Å². The third kappa shape index (κ3) is 5.66. The van der Waals surface area contributed by atoms with E-state index in [1.807, 2.05) is 48.2 Å². The van der Waals surface area contributed by atoms with Crippen LogP contribution in [0.15, 0.2) is 48.5 Å². The molecule has 0 spiro atoms. The van der Waals surface area contributed by atoms with E-state index in [9.17, 15) is 9.59 Å². The number of amides is 3. The van der Waals surface area contributed by atoms with Gasteiger partial charge in [0.25, 0.3) is 0 Å². The van der Waals surface area contributed by atoms with Gasteiger partial charge in [-0.2, -0.15) is 0 Å². The van der Waals surface area contributed by atoms with Crippen LogP contribution in [-0.4, -0.2) is 55.0 Å². The summed E-state index contributed by atoms with van der Waals surface area (Å²) in [5.41, 5.74) is 1.98. The van der Waals surface area contributed by atoms with Gasteiger partial charge < -0.3 is 19.9 Å². The number of rotatable bonds is 6. The van der Waals surface area contributed by atoms with E-state index in [1.54, 1.807) is 24.1 Å². The summed E-state index contributed by atoms with van der Waals surface area (Å²) in [6.45, 7) is 4.18. The molecule has 30 heavy (non-hydrogen) atoms. The third-order valence-electron chi connectivity index (χ3n) is 5.41. The smallest absolute Gasteiger partial charge is 0.318 e. The van der Waals surface area contributed by atoms with E-state index < -0.39 is 0 Å². The van der Waals surface area contributed by atoms with Crippen molar-refractivity contribution in [2.45, 2.75) is 25.8 Å². The van der Waals surface area contributed by atoms with E-state index in [2.05, 4.69) is 5.32 Å². The summed E-state index contributed by atoms with van der Waals surface area (Å²) in [6, 6.07) is 14.9. The van der Waals surface area contributed by atoms with Crippen molar-refractivity contribution in [1.82, 2.24) is 15.1 Å². The number of hydrogen-bond acceptors (Lipinski definition) is 3. The molecule has 0 aliphatic carbocycles. The van der Waals surface area contributed by atoms with E-state index in [-0.39, 0.29) is 18.0 Å². The maximum atomic E-state index is 12.7. The molecule has 3 amide bonds. The van der Waals surface area contributed by atoms with Crippen LogP contribution < -0.4 is 10.1 Å². The number of piperazine rings is 1. The Morgan fingerprint density at radius 3 is 2.17 bits per heavy atom. The molecule has 0 bridgehead atoms. The zero-order chi connectivity index (χ0) is 21.5. The Bertz CT molecular complexity index is 847. The predicted molar refractivity (Wildman–Crippen MR) is 118 cm³/mol. The van der Waals surface area contributed by atoms with Crippen LogP contribution in [0.25, 0.3) is 0 Å². The number of urea groups is 1. The van der Waals surface area contributed by atoms with Gasteiger partial charge in [0.05, 0.1) is 19.6 Å². The molecule has 0 saturated carbocycles. The Kier molecular flexibility index (Phi) is 7.57. The average Bonchev–Trinajstić information content (AvgIpc) is 2.79. The highest BCUT2D eigenvalue weighted by Crippen LogP contribution is 2.20. The monoisotopic (exact) mass is 429 g/mol. The van der Waals surface area contributed by atoms with Crippen LogP contribution in [0, 0.1) is 0 Å². The fourth-order valence-corrected chi connectivity index (χ4v) is 3.67. The molecule has 1 atom stereocenters. The molecule has 1 aliphatic heterocycles. The lowest BCUT2D eigenvalue weighted by atomic mass is 10.0. The van der Waals surface area contributed by atoms with Crippen LogP contribution in [0.2, 0.25) is 5.02 Å². The molecule has 1 heterocycles. The van der Waals surface area contributed by atoms with Crippen molar-refractivity contribution in [3.63, 3.8) is 0 Å². The van der Waals surface area contributed by atoms with Gasteiger partial charge in [0, 0.05) is 31.2 Å². The van der Waals surface area contributed by atoms with E-state index in [1.165, 1.54) is 0 Å². The minimum atomic E-state index is -0.0949. The first-order chi connectivity index (χ1) is 14.5. The van der Waals surface area contributed by atoms with Crippen molar-refractivity contribution in [3.05, 3.63) is 64.7 Å². The summed E-state index contributed by atoms with van der Waals surface area (Å²) < 4.78 is 5.20. The van der Waals surface area contributed by atoms with Crippen molar-refractivity contribution in [3.8, 4) is 5.75 Å². The third-order valence-corrected chi connectivity index (χ3v) is 5.66. The number of nitrogens with one attached hydrogen (secondary N) is 1. The second kappa shape index (κ2) is 10.3. The number of nitrogens with zero attached hydrogens (tertiary/aromatic N) is 2. The Balaban J connectivity index is 1.50. The quantitative estimate of drug-likeness (QED) is 0.757. The van der Waals surface area contributed by atoms with Gasteiger partial charge in [-0.25, -0.2) is 4.79 Å². The van der Waals surface area contributed by atoms with Crippen molar-refractivity contribution in [2.75, 3.05) is 33.3 Å². The molecule has 160 valence electrons. The lowest BCUT2D eigenvalue weighted by Crippen LogP contribution is -2.53. The largest absolute Gasteiger partial charge is 0.497 e. The number of carbonyl (C=O) groups excluding carboxylic acids is 2. The average molecular weight is 430 g/mol. The molecule has 1 fully saturated rings. The van der Waals surface area contributed by atoms with E-state index >= 15 is 0 Å². The maximum Gasteiger partial charge on any atom is 0.318 e. The second-order valence-corrected chi connectivity index (χ2v) is 7.79. The molecule has 1 unspecified atom stereocenters. The molecular formula is C23H28ClN3O3. The standard InChI is InChI=1S/C23H28ClN3O3/c1-3-21(18-6-10-20(30-2)11-7-18)25-23(29)27-14-12-26(13-15-27)22(28)16-17-4-8-19(24)9-5-17/h4-11,21H,3,12-16H2,1-2H3,(H,25,29). The van der Waals surface area contributed by atoms with Gasteiger partial charge in [0.1, 0.15) is 5.75 Å². The number of hydrogen-bond donors (Lipinski definition) is 1. The van der Waals surface area contributed by atoms with E-state index in [4.69, 9.17) is 16.3 Å². The normalized spacial score (nSPS) is 14.9. The van der Waals surface area contributed by atoms with Gasteiger partial charge in [0.2, 0.25) is 5.91 Å². The Labute approximate surface area is 182 Å². The first-order valence-corrected chi connectivity index (χ1v) is 10.6. The van der Waals surface area contributed by atoms with Gasteiger partial charge >= 0.3 is 6.03 Å². The minimum Gasteiger partial charge on any atom is -0.497 e. The Morgan fingerprint density at radius 1 is 1.00 bits per heavy atom. The highest BCUT2D eigenvalue weighted by atomic mass is 35.5. The highest BCUT2D eigenvalue weighted by Gasteiger charge is 2.25. The van der Waals surface area contributed by atoms with E-state index in [0.717, 1.165) is 23.3 Å². The zero-order valence-corrected chi connectivity index (χ0v) is 18.2. The van der Waals surface area contributed by atoms with Crippen LogP contribution >= 0.6 is 11.6 Å². The van der Waals surface area contributed by atoms with Gasteiger partial charge in [-0.1, -0.05) is 42.8 Å². The minimum absolute atomic E-state index is 0.0621. The highest BCUT2D eigenvalue weighted by molar-refractivity contribution is 6.30. The summed E-state index contributed by atoms with van der Waals surface area (Å²) in [6.07, 6.45) is 1.14. The lowest BCUT2D eigenvalue weighted by Gasteiger charge is -2.35. The maximum absolute atomic E-state index is 12.7. The zero-order valence-electron chi connectivity index (χ0n) is 17.4. The lowest BCUT2D eigenvalue weighted by molar-refractivity contribution is -0.131. The molecule has 2 aromatic rings. The number of halogens is 1. The van der Waals surface area contributed by atoms with Gasteiger partial charge in [-0.15, -0.1) is 0 Å². The van der Waals surface area contributed by atoms with Gasteiger partial charge in [-0.05, 0) is 41.8 Å². The van der Waals surface area contributed by atoms with Crippen molar-refractivity contribution in [2.24, 2.45) is 0 Å². The Morgan fingerprint density at radius 2 is 1.60 bits per heavy atom. The summed E-state index contributed by atoms with van der Waals surface area (Å²) in [5, 5.41) is 3.77. The molecule has 2 aromatic carbocycles. The van der Waals surface area contributed by atoms with Crippen molar-refractivity contribution >= 4 is 23.5 Å². The fraction of sp³-hybridized carbons (Fsp3) is 0.391. The van der Waals surface area contributed by atoms with Crippen molar-refractivity contribution < 1.29 is 14.3 Å². The van der Waals surface area contributed by atoms with Gasteiger partial charge in [-0.3, -0.25) is 4.79 Å². The number of methoxy groups -OCH3 is 1. The Hall–Kier alpha value is -2.73. The first-order valence-electron chi connectivity index (χ1n) is 10.2. The molecule has 0 aromatic heterocycles. The molecule has 1 aliphatic rings. The fourth-order valence-electron chi connectivity index (χ4n) is 3.55. The van der Waals surface area contributed by atoms with Crippen LogP contribution in [0.3, 0.4) is 0 Å².